The Labute approximate surface area is 79.8 Å². The van der Waals surface area contributed by atoms with Crippen molar-refractivity contribution < 1.29 is 9.13 Å². The van der Waals surface area contributed by atoms with Crippen LogP contribution in [0.1, 0.15) is 26.7 Å². The van der Waals surface area contributed by atoms with Gasteiger partial charge in [0.05, 0.1) is 12.7 Å². The lowest BCUT2D eigenvalue weighted by atomic mass is 10.0. The summed E-state index contributed by atoms with van der Waals surface area (Å²) >= 11 is 0. The third kappa shape index (κ3) is 4.05. The van der Waals surface area contributed by atoms with E-state index in [4.69, 9.17) is 4.74 Å². The van der Waals surface area contributed by atoms with E-state index in [1.165, 1.54) is 6.42 Å². The molecule has 0 aromatic heterocycles. The van der Waals surface area contributed by atoms with Crippen LogP contribution in [0.25, 0.3) is 0 Å². The highest BCUT2D eigenvalue weighted by molar-refractivity contribution is 4.82. The topological polar surface area (TPSA) is 21.3 Å². The Kier molecular flexibility index (Phi) is 4.67. The fourth-order valence-electron chi connectivity index (χ4n) is 1.87. The molecule has 1 aliphatic heterocycles. The number of alkyl halides is 1. The van der Waals surface area contributed by atoms with E-state index in [0.717, 1.165) is 18.9 Å². The van der Waals surface area contributed by atoms with Crippen molar-refractivity contribution in [1.82, 2.24) is 5.32 Å². The maximum Gasteiger partial charge on any atom is 0.113 e. The number of hydrogen-bond acceptors (Lipinski definition) is 2. The van der Waals surface area contributed by atoms with Crippen LogP contribution in [0.2, 0.25) is 0 Å². The monoisotopic (exact) mass is 189 g/mol. The standard InChI is InChI=1S/C10H20FNO/c1-8(2)5-9-6-10(7-12-9)13-4-3-11/h8-10,12H,3-7H2,1-2H3/t9-,10+/m1/s1. The average molecular weight is 189 g/mol. The molecule has 0 unspecified atom stereocenters. The molecule has 1 rings (SSSR count). The number of hydrogen-bond donors (Lipinski definition) is 1. The van der Waals surface area contributed by atoms with Gasteiger partial charge >= 0.3 is 0 Å². The fourth-order valence-corrected chi connectivity index (χ4v) is 1.87. The van der Waals surface area contributed by atoms with Crippen LogP contribution >= 0.6 is 0 Å². The van der Waals surface area contributed by atoms with Crippen LogP contribution in [0.4, 0.5) is 4.39 Å². The minimum atomic E-state index is -0.370. The van der Waals surface area contributed by atoms with Crippen molar-refractivity contribution in [3.63, 3.8) is 0 Å². The van der Waals surface area contributed by atoms with E-state index in [2.05, 4.69) is 19.2 Å². The Morgan fingerprint density at radius 3 is 2.92 bits per heavy atom. The van der Waals surface area contributed by atoms with Gasteiger partial charge in [-0.2, -0.15) is 0 Å². The molecule has 0 bridgehead atoms. The first kappa shape index (κ1) is 10.9. The Morgan fingerprint density at radius 2 is 2.31 bits per heavy atom. The van der Waals surface area contributed by atoms with Crippen molar-refractivity contribution in [1.29, 1.82) is 0 Å². The molecule has 78 valence electrons. The summed E-state index contributed by atoms with van der Waals surface area (Å²) in [6, 6.07) is 0.574. The minimum absolute atomic E-state index is 0.236. The van der Waals surface area contributed by atoms with Gasteiger partial charge in [-0.25, -0.2) is 4.39 Å². The van der Waals surface area contributed by atoms with E-state index >= 15 is 0 Å². The van der Waals surface area contributed by atoms with E-state index in [1.807, 2.05) is 0 Å². The van der Waals surface area contributed by atoms with Crippen molar-refractivity contribution >= 4 is 0 Å². The normalized spacial score (nSPS) is 28.6. The molecular weight excluding hydrogens is 169 g/mol. The fraction of sp³-hybridized carbons (Fsp3) is 1.00. The van der Waals surface area contributed by atoms with Crippen LogP contribution < -0.4 is 5.32 Å². The molecule has 0 saturated carbocycles. The van der Waals surface area contributed by atoms with Crippen LogP contribution in [0.5, 0.6) is 0 Å². The average Bonchev–Trinajstić information content (AvgIpc) is 2.48. The summed E-state index contributed by atoms with van der Waals surface area (Å²) in [6.07, 6.45) is 2.47. The second-order valence-corrected chi connectivity index (χ2v) is 4.15. The zero-order chi connectivity index (χ0) is 9.68. The second kappa shape index (κ2) is 5.55. The lowest BCUT2D eigenvalue weighted by Gasteiger charge is -2.12. The zero-order valence-electron chi connectivity index (χ0n) is 8.55. The Bertz CT molecular complexity index is 141. The first-order valence-electron chi connectivity index (χ1n) is 5.13. The quantitative estimate of drug-likeness (QED) is 0.711. The molecule has 3 heteroatoms. The molecule has 2 nitrogen and oxygen atoms in total. The number of ether oxygens (including phenoxy) is 1. The summed E-state index contributed by atoms with van der Waals surface area (Å²) in [7, 11) is 0. The zero-order valence-corrected chi connectivity index (χ0v) is 8.55. The molecule has 1 heterocycles. The van der Waals surface area contributed by atoms with Gasteiger partial charge in [0.2, 0.25) is 0 Å². The van der Waals surface area contributed by atoms with Gasteiger partial charge in [-0.1, -0.05) is 13.8 Å². The molecule has 0 amide bonds. The highest BCUT2D eigenvalue weighted by Gasteiger charge is 2.24. The van der Waals surface area contributed by atoms with E-state index < -0.39 is 0 Å². The van der Waals surface area contributed by atoms with Gasteiger partial charge in [0.1, 0.15) is 6.67 Å². The first-order valence-corrected chi connectivity index (χ1v) is 5.13. The van der Waals surface area contributed by atoms with E-state index in [9.17, 15) is 4.39 Å². The molecule has 1 saturated heterocycles. The van der Waals surface area contributed by atoms with Crippen LogP contribution in [-0.4, -0.2) is 32.0 Å². The highest BCUT2D eigenvalue weighted by Crippen LogP contribution is 2.16. The lowest BCUT2D eigenvalue weighted by molar-refractivity contribution is 0.0554. The lowest BCUT2D eigenvalue weighted by Crippen LogP contribution is -2.23. The molecule has 1 fully saturated rings. The molecule has 0 aliphatic carbocycles. The van der Waals surface area contributed by atoms with Gasteiger partial charge in [0, 0.05) is 12.6 Å². The number of halogens is 1. The Morgan fingerprint density at radius 1 is 1.54 bits per heavy atom. The maximum absolute atomic E-state index is 11.8. The van der Waals surface area contributed by atoms with Gasteiger partial charge in [-0.3, -0.25) is 0 Å². The smallest absolute Gasteiger partial charge is 0.113 e. The van der Waals surface area contributed by atoms with Crippen LogP contribution in [0.15, 0.2) is 0 Å². The van der Waals surface area contributed by atoms with Crippen molar-refractivity contribution in [3.8, 4) is 0 Å². The molecule has 0 spiro atoms. The largest absolute Gasteiger partial charge is 0.374 e. The minimum Gasteiger partial charge on any atom is -0.374 e. The number of nitrogens with one attached hydrogen (secondary N) is 1. The molecule has 0 aromatic carbocycles. The van der Waals surface area contributed by atoms with Crippen molar-refractivity contribution in [2.24, 2.45) is 5.92 Å². The maximum atomic E-state index is 11.8. The van der Waals surface area contributed by atoms with Crippen LogP contribution in [-0.2, 0) is 4.74 Å². The Balaban J connectivity index is 2.12. The molecule has 0 radical (unpaired) electrons. The number of rotatable bonds is 5. The molecule has 1 aliphatic rings. The third-order valence-corrected chi connectivity index (χ3v) is 2.37. The molecule has 13 heavy (non-hydrogen) atoms. The predicted molar refractivity (Wildman–Crippen MR) is 51.6 cm³/mol. The van der Waals surface area contributed by atoms with Crippen LogP contribution in [0, 0.1) is 5.92 Å². The SMILES string of the molecule is CC(C)C[C@@H]1C[C@H](OCCF)CN1. The summed E-state index contributed by atoms with van der Waals surface area (Å²) in [5.74, 6) is 0.720. The van der Waals surface area contributed by atoms with Gasteiger partial charge in [-0.05, 0) is 18.8 Å². The first-order chi connectivity index (χ1) is 6.22. The summed E-state index contributed by atoms with van der Waals surface area (Å²) in [6.45, 7) is 5.21. The molecule has 2 atom stereocenters. The van der Waals surface area contributed by atoms with Gasteiger partial charge in [0.15, 0.2) is 0 Å². The molecule has 1 N–H and O–H groups in total. The van der Waals surface area contributed by atoms with E-state index in [-0.39, 0.29) is 19.4 Å². The predicted octanol–water partition coefficient (Wildman–Crippen LogP) is 1.75. The summed E-state index contributed by atoms with van der Waals surface area (Å²) < 4.78 is 17.1. The van der Waals surface area contributed by atoms with E-state index in [0.29, 0.717) is 6.04 Å². The molecule has 0 aromatic rings. The van der Waals surface area contributed by atoms with Crippen molar-refractivity contribution in [3.05, 3.63) is 0 Å². The highest BCUT2D eigenvalue weighted by atomic mass is 19.1. The van der Waals surface area contributed by atoms with Gasteiger partial charge in [-0.15, -0.1) is 0 Å². The second-order valence-electron chi connectivity index (χ2n) is 4.15. The Hall–Kier alpha value is -0.150. The van der Waals surface area contributed by atoms with Gasteiger partial charge < -0.3 is 10.1 Å². The third-order valence-electron chi connectivity index (χ3n) is 2.37. The summed E-state index contributed by atoms with van der Waals surface area (Å²) in [5, 5.41) is 3.40. The van der Waals surface area contributed by atoms with Gasteiger partial charge in [0.25, 0.3) is 0 Å². The summed E-state index contributed by atoms with van der Waals surface area (Å²) in [4.78, 5) is 0. The van der Waals surface area contributed by atoms with Crippen molar-refractivity contribution in [2.45, 2.75) is 38.8 Å². The van der Waals surface area contributed by atoms with Crippen LogP contribution in [0.3, 0.4) is 0 Å². The summed E-state index contributed by atoms with van der Waals surface area (Å²) in [5.41, 5.74) is 0. The van der Waals surface area contributed by atoms with Crippen molar-refractivity contribution in [2.75, 3.05) is 19.8 Å². The molecular formula is C10H20FNO. The van der Waals surface area contributed by atoms with E-state index in [1.54, 1.807) is 0 Å².